The Bertz CT molecular complexity index is 2750. The van der Waals surface area contributed by atoms with Crippen LogP contribution in [0, 0.1) is 0 Å². The first-order valence-corrected chi connectivity index (χ1v) is 28.3. The third-order valence-corrected chi connectivity index (χ3v) is 16.1. The number of amides is 4. The van der Waals surface area contributed by atoms with Crippen LogP contribution in [0.2, 0.25) is 0 Å². The highest BCUT2D eigenvalue weighted by atomic mass is 32.2. The van der Waals surface area contributed by atoms with E-state index in [-0.39, 0.29) is 18.6 Å². The number of aliphatic hydroxyl groups excluding tert-OH is 1. The second-order valence-electron chi connectivity index (χ2n) is 20.4. The van der Waals surface area contributed by atoms with Gasteiger partial charge in [0.2, 0.25) is 23.6 Å². The van der Waals surface area contributed by atoms with Crippen molar-refractivity contribution < 1.29 is 43.3 Å². The van der Waals surface area contributed by atoms with E-state index in [9.17, 15) is 33.9 Å². The Hall–Kier alpha value is -7.46. The summed E-state index contributed by atoms with van der Waals surface area (Å²) < 4.78 is 8.78. The summed E-state index contributed by atoms with van der Waals surface area (Å²) in [6.07, 6.45) is 1.82. The molecule has 0 aliphatic carbocycles. The number of ether oxygens (including phenoxy) is 2. The van der Waals surface area contributed by atoms with Crippen LogP contribution in [0.25, 0.3) is 0 Å². The summed E-state index contributed by atoms with van der Waals surface area (Å²) in [4.78, 5) is 82.0. The van der Waals surface area contributed by atoms with Crippen LogP contribution in [0.1, 0.15) is 93.7 Å². The van der Waals surface area contributed by atoms with Crippen molar-refractivity contribution in [3.63, 3.8) is 0 Å². The number of esters is 2. The zero-order valence-corrected chi connectivity index (χ0v) is 47.3. The van der Waals surface area contributed by atoms with Gasteiger partial charge in [0.1, 0.15) is 29.8 Å². The third-order valence-electron chi connectivity index (χ3n) is 12.9. The fraction of sp³-hybridized carbons (Fsp3) is 0.312. The van der Waals surface area contributed by atoms with Gasteiger partial charge in [0.15, 0.2) is 0 Å². The molecule has 0 aliphatic rings. The molecule has 0 saturated carbocycles. The lowest BCUT2D eigenvalue weighted by Gasteiger charge is -2.37. The van der Waals surface area contributed by atoms with Gasteiger partial charge in [-0.3, -0.25) is 28.8 Å². The molecule has 6 aromatic rings. The summed E-state index contributed by atoms with van der Waals surface area (Å²) in [7, 11) is 1.19. The number of aliphatic hydroxyl groups is 1. The maximum atomic E-state index is 14.8. The summed E-state index contributed by atoms with van der Waals surface area (Å²) in [5.74, 6) is -3.63. The standard InChI is InChI=1S/C64H72N4O9S2/c1-61(2,3)77-56(71)41-40-53(66-55(70)43-52(69)39-25-26-42-78-63(46-27-13-7-14-28-46,47-29-15-8-16-30-47)48-31-17-9-18-32-48)58(73)67-54(59(74)68-62(4,5)60(75)65-44-57(72)76-6)45-79-64(49-33-19-10-20-34-49,50-35-21-11-22-36-50)51-37-23-12-24-38-51/h7-25,27-39,52-54,69H,26,40-45H2,1-6H3,(H,65,75)(H,66,70)(H,67,73)(H,68,74)/t52-,53-,54-/m1/s1. The lowest BCUT2D eigenvalue weighted by Crippen LogP contribution is -2.61. The lowest BCUT2D eigenvalue weighted by molar-refractivity contribution is -0.155. The normalized spacial score (nSPS) is 13.1. The zero-order valence-electron chi connectivity index (χ0n) is 45.7. The molecule has 0 aliphatic heterocycles. The van der Waals surface area contributed by atoms with Crippen LogP contribution in [0.15, 0.2) is 194 Å². The summed E-state index contributed by atoms with van der Waals surface area (Å²) in [5.41, 5.74) is 3.59. The van der Waals surface area contributed by atoms with Crippen LogP contribution in [0.5, 0.6) is 0 Å². The van der Waals surface area contributed by atoms with Crippen molar-refractivity contribution >= 4 is 59.1 Å². The first-order chi connectivity index (χ1) is 37.9. The lowest BCUT2D eigenvalue weighted by atomic mass is 9.84. The Morgan fingerprint density at radius 1 is 0.557 bits per heavy atom. The quantitative estimate of drug-likeness (QED) is 0.0143. The van der Waals surface area contributed by atoms with Crippen LogP contribution in [0.4, 0.5) is 0 Å². The van der Waals surface area contributed by atoms with Gasteiger partial charge in [-0.05, 0) is 86.6 Å². The third kappa shape index (κ3) is 17.0. The number of hydrogen-bond acceptors (Lipinski definition) is 11. The monoisotopic (exact) mass is 1100 g/mol. The largest absolute Gasteiger partial charge is 0.468 e. The van der Waals surface area contributed by atoms with Crippen molar-refractivity contribution in [2.45, 2.75) is 99.1 Å². The van der Waals surface area contributed by atoms with Gasteiger partial charge >= 0.3 is 11.9 Å². The van der Waals surface area contributed by atoms with Crippen molar-refractivity contribution in [2.75, 3.05) is 25.2 Å². The Kier molecular flexibility index (Phi) is 22.3. The second kappa shape index (κ2) is 29.0. The molecule has 6 aromatic carbocycles. The zero-order chi connectivity index (χ0) is 56.9. The van der Waals surface area contributed by atoms with E-state index in [4.69, 9.17) is 4.74 Å². The van der Waals surface area contributed by atoms with Crippen LogP contribution in [-0.4, -0.2) is 95.2 Å². The average molecular weight is 1110 g/mol. The summed E-state index contributed by atoms with van der Waals surface area (Å²) in [6, 6.07) is 57.5. The molecule has 3 atom stereocenters. The molecular formula is C64H72N4O9S2. The van der Waals surface area contributed by atoms with E-state index in [0.29, 0.717) is 12.2 Å². The molecule has 0 aromatic heterocycles. The highest BCUT2D eigenvalue weighted by Gasteiger charge is 2.41. The summed E-state index contributed by atoms with van der Waals surface area (Å²) in [5, 5.41) is 22.1. The molecule has 0 bridgehead atoms. The maximum absolute atomic E-state index is 14.8. The highest BCUT2D eigenvalue weighted by Crippen LogP contribution is 2.50. The molecule has 0 radical (unpaired) electrons. The molecule has 0 spiro atoms. The Labute approximate surface area is 473 Å². The number of carbonyl (C=O) groups excluding carboxylic acids is 6. The number of benzene rings is 6. The van der Waals surface area contributed by atoms with E-state index < -0.39 is 87.4 Å². The van der Waals surface area contributed by atoms with Gasteiger partial charge in [-0.2, -0.15) is 0 Å². The van der Waals surface area contributed by atoms with E-state index in [0.717, 1.165) is 33.4 Å². The van der Waals surface area contributed by atoms with E-state index in [1.807, 2.05) is 152 Å². The Morgan fingerprint density at radius 3 is 1.38 bits per heavy atom. The van der Waals surface area contributed by atoms with Crippen molar-refractivity contribution in [3.05, 3.63) is 228 Å². The van der Waals surface area contributed by atoms with Crippen LogP contribution < -0.4 is 21.3 Å². The maximum Gasteiger partial charge on any atom is 0.325 e. The van der Waals surface area contributed by atoms with Gasteiger partial charge < -0.3 is 35.8 Å². The van der Waals surface area contributed by atoms with Gasteiger partial charge in [-0.25, -0.2) is 0 Å². The SMILES string of the molecule is COC(=O)CNC(=O)C(C)(C)NC(=O)[C@@H](CSC(c1ccccc1)(c1ccccc1)c1ccccc1)NC(=O)[C@@H](CCC(=O)OC(C)(C)C)NC(=O)C[C@H](O)C=CCCSC(c1ccccc1)(c1ccccc1)c1ccccc1. The average Bonchev–Trinajstić information content (AvgIpc) is 3.50. The summed E-state index contributed by atoms with van der Waals surface area (Å²) in [6.45, 7) is 7.63. The van der Waals surface area contributed by atoms with Crippen LogP contribution in [0.3, 0.4) is 0 Å². The minimum Gasteiger partial charge on any atom is -0.468 e. The number of thioether (sulfide) groups is 2. The molecular weight excluding hydrogens is 1030 g/mol. The number of hydrogen-bond donors (Lipinski definition) is 5. The van der Waals surface area contributed by atoms with E-state index in [1.54, 1.807) is 38.6 Å². The molecule has 79 heavy (non-hydrogen) atoms. The molecule has 0 unspecified atom stereocenters. The van der Waals surface area contributed by atoms with E-state index in [2.05, 4.69) is 62.4 Å². The number of rotatable bonds is 27. The summed E-state index contributed by atoms with van der Waals surface area (Å²) >= 11 is 3.16. The minimum atomic E-state index is -1.60. The van der Waals surface area contributed by atoms with Gasteiger partial charge in [-0.1, -0.05) is 194 Å². The van der Waals surface area contributed by atoms with Crippen LogP contribution >= 0.6 is 23.5 Å². The minimum absolute atomic E-state index is 0.0756. The van der Waals surface area contributed by atoms with Gasteiger partial charge in [0.05, 0.1) is 29.1 Å². The predicted octanol–water partition coefficient (Wildman–Crippen LogP) is 9.41. The van der Waals surface area contributed by atoms with Crippen molar-refractivity contribution in [1.29, 1.82) is 0 Å². The first kappa shape index (κ1) is 60.8. The number of nitrogens with one attached hydrogen (secondary N) is 4. The fourth-order valence-corrected chi connectivity index (χ4v) is 12.1. The smallest absolute Gasteiger partial charge is 0.325 e. The van der Waals surface area contributed by atoms with Crippen LogP contribution in [-0.2, 0) is 47.7 Å². The number of allylic oxidation sites excluding steroid dienone is 1. The molecule has 0 heterocycles. The molecule has 0 fully saturated rings. The highest BCUT2D eigenvalue weighted by molar-refractivity contribution is 8.00. The molecule has 15 heteroatoms. The number of methoxy groups -OCH3 is 1. The number of carbonyl (C=O) groups is 6. The van der Waals surface area contributed by atoms with Gasteiger partial charge in [0, 0.05) is 12.2 Å². The van der Waals surface area contributed by atoms with Crippen molar-refractivity contribution in [3.8, 4) is 0 Å². The molecule has 0 saturated heterocycles. The molecule has 13 nitrogen and oxygen atoms in total. The molecule has 4 amide bonds. The van der Waals surface area contributed by atoms with E-state index >= 15 is 0 Å². The Morgan fingerprint density at radius 2 is 0.975 bits per heavy atom. The Balaban J connectivity index is 1.24. The predicted molar refractivity (Wildman–Crippen MR) is 314 cm³/mol. The first-order valence-electron chi connectivity index (χ1n) is 26.3. The second-order valence-corrected chi connectivity index (χ2v) is 22.9. The van der Waals surface area contributed by atoms with Gasteiger partial charge in [0.25, 0.3) is 0 Å². The van der Waals surface area contributed by atoms with Crippen molar-refractivity contribution in [1.82, 2.24) is 21.3 Å². The fourth-order valence-electron chi connectivity index (χ4n) is 9.07. The molecule has 5 N–H and O–H groups in total. The van der Waals surface area contributed by atoms with Gasteiger partial charge in [-0.15, -0.1) is 23.5 Å². The van der Waals surface area contributed by atoms with E-state index in [1.165, 1.54) is 32.7 Å². The topological polar surface area (TPSA) is 189 Å². The molecule has 414 valence electrons. The molecule has 6 rings (SSSR count). The van der Waals surface area contributed by atoms with Crippen molar-refractivity contribution in [2.24, 2.45) is 0 Å².